The Morgan fingerprint density at radius 1 is 0.500 bits per heavy atom. The Bertz CT molecular complexity index is 1220. The first-order valence-electron chi connectivity index (χ1n) is 9.40. The van der Waals surface area contributed by atoms with E-state index in [1.54, 1.807) is 0 Å². The van der Waals surface area contributed by atoms with Gasteiger partial charge in [-0.15, -0.1) is 0 Å². The van der Waals surface area contributed by atoms with E-state index in [0.717, 1.165) is 32.8 Å². The summed E-state index contributed by atoms with van der Waals surface area (Å²) in [6, 6.07) is 35.8. The molecule has 1 N–H and O–H groups in total. The van der Waals surface area contributed by atoms with Crippen LogP contribution in [0.15, 0.2) is 109 Å². The third-order valence-electron chi connectivity index (χ3n) is 5.33. The molecule has 5 rings (SSSR count). The summed E-state index contributed by atoms with van der Waals surface area (Å²) < 4.78 is 0. The zero-order valence-corrected chi connectivity index (χ0v) is 15.3. The molecule has 0 radical (unpaired) electrons. The number of rotatable bonds is 3. The number of aromatic nitrogens is 1. The molecule has 4 aromatic carbocycles. The third kappa shape index (κ3) is 2.50. The lowest BCUT2D eigenvalue weighted by Gasteiger charge is -2.30. The first-order chi connectivity index (χ1) is 13.8. The Morgan fingerprint density at radius 2 is 0.964 bits per heavy atom. The Morgan fingerprint density at radius 3 is 1.57 bits per heavy atom. The van der Waals surface area contributed by atoms with Crippen molar-refractivity contribution in [1.29, 1.82) is 0 Å². The summed E-state index contributed by atoms with van der Waals surface area (Å²) in [5.41, 5.74) is 1.77. The van der Waals surface area contributed by atoms with Gasteiger partial charge in [-0.2, -0.15) is 0 Å². The van der Waals surface area contributed by atoms with Crippen LogP contribution in [-0.4, -0.2) is 10.1 Å². The van der Waals surface area contributed by atoms with Crippen molar-refractivity contribution in [3.8, 4) is 0 Å². The molecule has 2 heteroatoms. The highest BCUT2D eigenvalue weighted by Gasteiger charge is 2.37. The summed E-state index contributed by atoms with van der Waals surface area (Å²) in [5.74, 6) is 0. The monoisotopic (exact) mass is 361 g/mol. The Labute approximate surface area is 163 Å². The normalized spacial score (nSPS) is 11.8. The molecule has 0 saturated heterocycles. The van der Waals surface area contributed by atoms with Gasteiger partial charge in [0.25, 0.3) is 0 Å². The maximum absolute atomic E-state index is 12.2. The minimum Gasteiger partial charge on any atom is -0.374 e. The van der Waals surface area contributed by atoms with Crippen molar-refractivity contribution in [2.24, 2.45) is 0 Å². The van der Waals surface area contributed by atoms with Crippen LogP contribution < -0.4 is 0 Å². The van der Waals surface area contributed by atoms with Gasteiger partial charge in [-0.3, -0.25) is 0 Å². The molecule has 28 heavy (non-hydrogen) atoms. The zero-order valence-electron chi connectivity index (χ0n) is 15.3. The molecule has 134 valence electrons. The lowest BCUT2D eigenvalue weighted by Crippen LogP contribution is -2.30. The van der Waals surface area contributed by atoms with Crippen molar-refractivity contribution in [2.45, 2.75) is 5.60 Å². The summed E-state index contributed by atoms with van der Waals surface area (Å²) in [6.45, 7) is 0. The number of hydrogen-bond acceptors (Lipinski definition) is 2. The quantitative estimate of drug-likeness (QED) is 0.420. The van der Waals surface area contributed by atoms with Crippen molar-refractivity contribution >= 4 is 21.7 Å². The maximum atomic E-state index is 12.2. The van der Waals surface area contributed by atoms with Crippen LogP contribution in [0.4, 0.5) is 0 Å². The second kappa shape index (κ2) is 6.59. The Hall–Kier alpha value is -3.49. The first-order valence-corrected chi connectivity index (χ1v) is 9.40. The summed E-state index contributed by atoms with van der Waals surface area (Å²) in [4.78, 5) is 4.98. The van der Waals surface area contributed by atoms with Gasteiger partial charge in [0.05, 0.1) is 11.2 Å². The van der Waals surface area contributed by atoms with E-state index in [1.165, 1.54) is 0 Å². The first kappa shape index (κ1) is 16.7. The highest BCUT2D eigenvalue weighted by molar-refractivity contribution is 6.07. The van der Waals surface area contributed by atoms with Gasteiger partial charge >= 0.3 is 0 Å². The molecule has 0 aliphatic carbocycles. The fraction of sp³-hybridized carbons (Fsp3) is 0.0385. The predicted molar refractivity (Wildman–Crippen MR) is 114 cm³/mol. The van der Waals surface area contributed by atoms with Crippen LogP contribution in [0.1, 0.15) is 16.8 Å². The fourth-order valence-electron chi connectivity index (χ4n) is 3.98. The molecule has 0 amide bonds. The van der Waals surface area contributed by atoms with E-state index in [2.05, 4.69) is 12.1 Å². The SMILES string of the molecule is OC(c1ccccc1)(c1ccccc1)c1nc2ccccc2c2ccccc12. The second-order valence-corrected chi connectivity index (χ2v) is 6.97. The van der Waals surface area contributed by atoms with Crippen molar-refractivity contribution < 1.29 is 5.11 Å². The van der Waals surface area contributed by atoms with Crippen LogP contribution in [0.25, 0.3) is 21.7 Å². The molecule has 0 aliphatic heterocycles. The number of benzene rings is 4. The van der Waals surface area contributed by atoms with Crippen LogP contribution in [0.3, 0.4) is 0 Å². The van der Waals surface area contributed by atoms with Crippen LogP contribution in [0, 0.1) is 0 Å². The van der Waals surface area contributed by atoms with Gasteiger partial charge in [0.1, 0.15) is 0 Å². The minimum absolute atomic E-state index is 0.652. The smallest absolute Gasteiger partial charge is 0.157 e. The van der Waals surface area contributed by atoms with E-state index in [4.69, 9.17) is 4.98 Å². The number of pyridine rings is 1. The van der Waals surface area contributed by atoms with E-state index in [0.29, 0.717) is 5.69 Å². The molecule has 1 heterocycles. The number of nitrogens with zero attached hydrogens (tertiary/aromatic N) is 1. The molecule has 0 fully saturated rings. The molecular formula is C26H19NO. The molecule has 0 aliphatic rings. The van der Waals surface area contributed by atoms with Gasteiger partial charge in [-0.05, 0) is 22.6 Å². The van der Waals surface area contributed by atoms with Crippen molar-refractivity contribution in [3.05, 3.63) is 126 Å². The number of fused-ring (bicyclic) bond motifs is 3. The average Bonchev–Trinajstić information content (AvgIpc) is 2.79. The van der Waals surface area contributed by atoms with Crippen LogP contribution >= 0.6 is 0 Å². The summed E-state index contributed by atoms with van der Waals surface area (Å²) >= 11 is 0. The van der Waals surface area contributed by atoms with E-state index < -0.39 is 5.60 Å². The van der Waals surface area contributed by atoms with Gasteiger partial charge in [-0.1, -0.05) is 103 Å². The van der Waals surface area contributed by atoms with Crippen LogP contribution in [0.2, 0.25) is 0 Å². The van der Waals surface area contributed by atoms with Gasteiger partial charge < -0.3 is 5.11 Å². The maximum Gasteiger partial charge on any atom is 0.157 e. The summed E-state index contributed by atoms with van der Waals surface area (Å²) in [5, 5.41) is 15.4. The molecule has 0 atom stereocenters. The molecule has 0 spiro atoms. The van der Waals surface area contributed by atoms with Gasteiger partial charge in [0.2, 0.25) is 0 Å². The summed E-state index contributed by atoms with van der Waals surface area (Å²) in [7, 11) is 0. The van der Waals surface area contributed by atoms with Gasteiger partial charge in [-0.25, -0.2) is 4.98 Å². The molecule has 0 unspecified atom stereocenters. The van der Waals surface area contributed by atoms with Gasteiger partial charge in [0.15, 0.2) is 5.60 Å². The molecule has 2 nitrogen and oxygen atoms in total. The second-order valence-electron chi connectivity index (χ2n) is 6.97. The minimum atomic E-state index is -1.36. The average molecular weight is 361 g/mol. The highest BCUT2D eigenvalue weighted by atomic mass is 16.3. The summed E-state index contributed by atoms with van der Waals surface area (Å²) in [6.07, 6.45) is 0. The van der Waals surface area contributed by atoms with E-state index in [9.17, 15) is 5.11 Å². The number of hydrogen-bond donors (Lipinski definition) is 1. The van der Waals surface area contributed by atoms with E-state index >= 15 is 0 Å². The fourth-order valence-corrected chi connectivity index (χ4v) is 3.98. The molecule has 0 saturated carbocycles. The van der Waals surface area contributed by atoms with E-state index in [-0.39, 0.29) is 0 Å². The molecule has 0 bridgehead atoms. The Balaban J connectivity index is 1.94. The Kier molecular flexibility index (Phi) is 3.92. The van der Waals surface area contributed by atoms with Crippen LogP contribution in [-0.2, 0) is 5.60 Å². The molecule has 5 aromatic rings. The third-order valence-corrected chi connectivity index (χ3v) is 5.33. The van der Waals surface area contributed by atoms with Crippen molar-refractivity contribution in [1.82, 2.24) is 4.98 Å². The molecule has 1 aromatic heterocycles. The number of para-hydroxylation sites is 1. The van der Waals surface area contributed by atoms with Gasteiger partial charge in [0, 0.05) is 10.8 Å². The lowest BCUT2D eigenvalue weighted by molar-refractivity contribution is 0.123. The number of aliphatic hydroxyl groups is 1. The van der Waals surface area contributed by atoms with Crippen molar-refractivity contribution in [2.75, 3.05) is 0 Å². The van der Waals surface area contributed by atoms with Crippen molar-refractivity contribution in [3.63, 3.8) is 0 Å². The van der Waals surface area contributed by atoms with E-state index in [1.807, 2.05) is 97.1 Å². The topological polar surface area (TPSA) is 33.1 Å². The molecular weight excluding hydrogens is 342 g/mol. The zero-order chi connectivity index (χ0) is 19.0. The highest BCUT2D eigenvalue weighted by Crippen LogP contribution is 2.40. The predicted octanol–water partition coefficient (Wildman–Crippen LogP) is 5.67. The standard InChI is InChI=1S/C26H19NO/c28-26(19-11-3-1-4-12-19,20-13-5-2-6-14-20)25-23-17-8-7-15-21(23)22-16-9-10-18-24(22)27-25/h1-18,28H. The lowest BCUT2D eigenvalue weighted by atomic mass is 9.81. The largest absolute Gasteiger partial charge is 0.374 e. The van der Waals surface area contributed by atoms with Crippen LogP contribution in [0.5, 0.6) is 0 Å².